The molecule has 140 valence electrons. The van der Waals surface area contributed by atoms with Crippen molar-refractivity contribution in [1.82, 2.24) is 24.5 Å². The molecular formula is C18H26N6O2. The van der Waals surface area contributed by atoms with Crippen molar-refractivity contribution in [3.63, 3.8) is 0 Å². The Balaban J connectivity index is 1.55. The lowest BCUT2D eigenvalue weighted by molar-refractivity contribution is 0.0664. The first-order valence-electron chi connectivity index (χ1n) is 9.32. The van der Waals surface area contributed by atoms with E-state index in [1.165, 1.54) is 12.8 Å². The highest BCUT2D eigenvalue weighted by Gasteiger charge is 2.37. The molecule has 1 saturated heterocycles. The Morgan fingerprint density at radius 3 is 2.85 bits per heavy atom. The monoisotopic (exact) mass is 358 g/mol. The lowest BCUT2D eigenvalue weighted by Crippen LogP contribution is -2.39. The molecule has 1 aliphatic heterocycles. The van der Waals surface area contributed by atoms with E-state index in [2.05, 4.69) is 10.2 Å². The van der Waals surface area contributed by atoms with Gasteiger partial charge in [0.1, 0.15) is 11.5 Å². The summed E-state index contributed by atoms with van der Waals surface area (Å²) in [6.07, 6.45) is 9.02. The lowest BCUT2D eigenvalue weighted by Gasteiger charge is -2.25. The van der Waals surface area contributed by atoms with Crippen LogP contribution in [0.5, 0.6) is 0 Å². The number of nitrogens with zero attached hydrogens (tertiary/aromatic N) is 5. The van der Waals surface area contributed by atoms with Gasteiger partial charge >= 0.3 is 0 Å². The molecule has 1 saturated carbocycles. The number of aromatic nitrogens is 4. The van der Waals surface area contributed by atoms with E-state index in [4.69, 9.17) is 10.5 Å². The zero-order valence-corrected chi connectivity index (χ0v) is 15.1. The van der Waals surface area contributed by atoms with E-state index in [-0.39, 0.29) is 18.1 Å². The number of carbonyl (C=O) groups excluding carboxylic acids is 1. The van der Waals surface area contributed by atoms with Crippen molar-refractivity contribution in [3.8, 4) is 0 Å². The van der Waals surface area contributed by atoms with Crippen LogP contribution in [-0.4, -0.2) is 56.2 Å². The van der Waals surface area contributed by atoms with E-state index >= 15 is 0 Å². The lowest BCUT2D eigenvalue weighted by atomic mass is 10.2. The number of likely N-dealkylation sites (tertiary alicyclic amines) is 1. The third kappa shape index (κ3) is 3.21. The van der Waals surface area contributed by atoms with Crippen molar-refractivity contribution in [2.75, 3.05) is 19.4 Å². The summed E-state index contributed by atoms with van der Waals surface area (Å²) in [6.45, 7) is 1.20. The van der Waals surface area contributed by atoms with Crippen molar-refractivity contribution in [1.29, 1.82) is 0 Å². The molecule has 1 aliphatic carbocycles. The van der Waals surface area contributed by atoms with Crippen LogP contribution in [0.4, 0.5) is 5.82 Å². The van der Waals surface area contributed by atoms with Crippen LogP contribution in [0.1, 0.15) is 48.6 Å². The van der Waals surface area contributed by atoms with Gasteiger partial charge in [-0.15, -0.1) is 0 Å². The maximum Gasteiger partial charge on any atom is 0.272 e. The first-order chi connectivity index (χ1) is 12.7. The van der Waals surface area contributed by atoms with Gasteiger partial charge in [-0.3, -0.25) is 14.2 Å². The minimum Gasteiger partial charge on any atom is -0.382 e. The van der Waals surface area contributed by atoms with Crippen LogP contribution in [0.15, 0.2) is 24.5 Å². The van der Waals surface area contributed by atoms with Crippen LogP contribution in [0.3, 0.4) is 0 Å². The van der Waals surface area contributed by atoms with Gasteiger partial charge in [0, 0.05) is 26.0 Å². The second-order valence-electron chi connectivity index (χ2n) is 7.27. The standard InChI is InChI=1S/C18H26N6O2/c1-26-15-10-14(11-22-9-7-17(19)21-22)23(12-15)18(25)16-6-8-20-24(16)13-4-2-3-5-13/h6-9,13-15H,2-5,10-12H2,1H3,(H2,19,21)/t14-,15+/m0/s1. The molecular weight excluding hydrogens is 332 g/mol. The molecule has 2 fully saturated rings. The molecule has 26 heavy (non-hydrogen) atoms. The normalized spacial score (nSPS) is 23.8. The summed E-state index contributed by atoms with van der Waals surface area (Å²) in [5.41, 5.74) is 6.40. The predicted molar refractivity (Wildman–Crippen MR) is 96.6 cm³/mol. The van der Waals surface area contributed by atoms with E-state index in [0.717, 1.165) is 19.3 Å². The van der Waals surface area contributed by atoms with E-state index in [9.17, 15) is 4.79 Å². The Morgan fingerprint density at radius 1 is 1.35 bits per heavy atom. The number of hydrogen-bond acceptors (Lipinski definition) is 5. The van der Waals surface area contributed by atoms with Crippen molar-refractivity contribution < 1.29 is 9.53 Å². The summed E-state index contributed by atoms with van der Waals surface area (Å²) in [4.78, 5) is 15.2. The molecule has 2 aromatic heterocycles. The van der Waals surface area contributed by atoms with Gasteiger partial charge in [0.05, 0.1) is 24.7 Å². The first-order valence-corrected chi connectivity index (χ1v) is 9.32. The quantitative estimate of drug-likeness (QED) is 0.878. The molecule has 1 amide bonds. The number of rotatable bonds is 5. The Hall–Kier alpha value is -2.35. The van der Waals surface area contributed by atoms with E-state index < -0.39 is 0 Å². The Morgan fingerprint density at radius 2 is 2.15 bits per heavy atom. The average Bonchev–Trinajstić information content (AvgIpc) is 3.41. The van der Waals surface area contributed by atoms with Crippen molar-refractivity contribution in [3.05, 3.63) is 30.2 Å². The number of anilines is 1. The van der Waals surface area contributed by atoms with Gasteiger partial charge in [-0.2, -0.15) is 10.2 Å². The van der Waals surface area contributed by atoms with Gasteiger partial charge in [-0.25, -0.2) is 0 Å². The van der Waals surface area contributed by atoms with Crippen LogP contribution in [-0.2, 0) is 11.3 Å². The molecule has 0 spiro atoms. The molecule has 0 radical (unpaired) electrons. The summed E-state index contributed by atoms with van der Waals surface area (Å²) >= 11 is 0. The topological polar surface area (TPSA) is 91.2 Å². The molecule has 2 N–H and O–H groups in total. The van der Waals surface area contributed by atoms with Gasteiger partial charge in [0.2, 0.25) is 0 Å². The number of nitrogen functional groups attached to an aromatic ring is 1. The molecule has 3 heterocycles. The maximum absolute atomic E-state index is 13.3. The Bertz CT molecular complexity index is 763. The minimum atomic E-state index is 0.0266. The van der Waals surface area contributed by atoms with Gasteiger partial charge in [0.25, 0.3) is 5.91 Å². The number of carbonyl (C=O) groups is 1. The highest BCUT2D eigenvalue weighted by atomic mass is 16.5. The number of ether oxygens (including phenoxy) is 1. The van der Waals surface area contributed by atoms with E-state index in [0.29, 0.717) is 30.6 Å². The second kappa shape index (κ2) is 7.11. The van der Waals surface area contributed by atoms with Crippen molar-refractivity contribution >= 4 is 11.7 Å². The van der Waals surface area contributed by atoms with E-state index in [1.807, 2.05) is 21.8 Å². The second-order valence-corrected chi connectivity index (χ2v) is 7.27. The Kier molecular flexibility index (Phi) is 4.67. The third-order valence-electron chi connectivity index (χ3n) is 5.59. The molecule has 2 aromatic rings. The van der Waals surface area contributed by atoms with E-state index in [1.54, 1.807) is 24.1 Å². The van der Waals surface area contributed by atoms with Crippen LogP contribution < -0.4 is 5.73 Å². The molecule has 2 atom stereocenters. The fourth-order valence-electron chi connectivity index (χ4n) is 4.23. The van der Waals surface area contributed by atoms with Gasteiger partial charge in [0.15, 0.2) is 0 Å². The number of hydrogen-bond donors (Lipinski definition) is 1. The number of amides is 1. The highest BCUT2D eigenvalue weighted by molar-refractivity contribution is 5.93. The molecule has 2 aliphatic rings. The molecule has 0 unspecified atom stereocenters. The first kappa shape index (κ1) is 17.1. The number of methoxy groups -OCH3 is 1. The smallest absolute Gasteiger partial charge is 0.272 e. The predicted octanol–water partition coefficient (Wildman–Crippen LogP) is 1.71. The van der Waals surface area contributed by atoms with Crippen molar-refractivity contribution in [2.45, 2.75) is 56.8 Å². The van der Waals surface area contributed by atoms with Gasteiger partial charge < -0.3 is 15.4 Å². The van der Waals surface area contributed by atoms with Crippen LogP contribution >= 0.6 is 0 Å². The summed E-state index contributed by atoms with van der Waals surface area (Å²) in [5, 5.41) is 8.71. The minimum absolute atomic E-state index is 0.0266. The molecule has 0 bridgehead atoms. The summed E-state index contributed by atoms with van der Waals surface area (Å²) < 4.78 is 9.27. The SMILES string of the molecule is CO[C@@H]1C[C@@H](Cn2ccc(N)n2)N(C(=O)c2ccnn2C2CCCC2)C1. The average molecular weight is 358 g/mol. The number of nitrogens with two attached hydrogens (primary N) is 1. The fraction of sp³-hybridized carbons (Fsp3) is 0.611. The summed E-state index contributed by atoms with van der Waals surface area (Å²) in [7, 11) is 1.70. The van der Waals surface area contributed by atoms with Gasteiger partial charge in [-0.1, -0.05) is 12.8 Å². The zero-order chi connectivity index (χ0) is 18.1. The molecule has 4 rings (SSSR count). The van der Waals surface area contributed by atoms with Crippen LogP contribution in [0, 0.1) is 0 Å². The molecule has 0 aromatic carbocycles. The van der Waals surface area contributed by atoms with Gasteiger partial charge in [-0.05, 0) is 31.4 Å². The summed E-state index contributed by atoms with van der Waals surface area (Å²) in [6, 6.07) is 3.97. The Labute approximate surface area is 152 Å². The fourth-order valence-corrected chi connectivity index (χ4v) is 4.23. The molecule has 8 heteroatoms. The highest BCUT2D eigenvalue weighted by Crippen LogP contribution is 2.31. The van der Waals surface area contributed by atoms with Crippen molar-refractivity contribution in [2.24, 2.45) is 0 Å². The zero-order valence-electron chi connectivity index (χ0n) is 15.1. The third-order valence-corrected chi connectivity index (χ3v) is 5.59. The van der Waals surface area contributed by atoms with Crippen LogP contribution in [0.25, 0.3) is 0 Å². The molecule has 8 nitrogen and oxygen atoms in total. The maximum atomic E-state index is 13.3. The largest absolute Gasteiger partial charge is 0.382 e. The summed E-state index contributed by atoms with van der Waals surface area (Å²) in [5.74, 6) is 0.516. The van der Waals surface area contributed by atoms with Crippen LogP contribution in [0.2, 0.25) is 0 Å².